The molecule has 5 nitrogen and oxygen atoms in total. The molecule has 0 saturated carbocycles. The van der Waals surface area contributed by atoms with E-state index in [2.05, 4.69) is 66.0 Å². The number of piperidine rings is 1. The number of nitrogens with one attached hydrogen (secondary N) is 2. The van der Waals surface area contributed by atoms with E-state index in [1.54, 1.807) is 0 Å². The maximum absolute atomic E-state index is 13.2. The maximum Gasteiger partial charge on any atom is 0.127 e. The van der Waals surface area contributed by atoms with Crippen molar-refractivity contribution in [2.75, 3.05) is 26.2 Å². The highest BCUT2D eigenvalue weighted by atomic mass is 32.2. The van der Waals surface area contributed by atoms with E-state index in [1.807, 2.05) is 12.1 Å². The minimum Gasteiger partial charge on any atom is -0.368 e. The molecule has 1 atom stereocenters. The molecule has 0 bridgehead atoms. The van der Waals surface area contributed by atoms with Gasteiger partial charge in [-0.3, -0.25) is 4.99 Å². The number of rotatable bonds is 4. The van der Waals surface area contributed by atoms with Gasteiger partial charge >= 0.3 is 0 Å². The van der Waals surface area contributed by atoms with Crippen molar-refractivity contribution in [2.45, 2.75) is 50.6 Å². The van der Waals surface area contributed by atoms with Crippen molar-refractivity contribution in [3.05, 3.63) is 64.7 Å². The molecule has 0 aliphatic carbocycles. The molecule has 1 spiro atoms. The van der Waals surface area contributed by atoms with Crippen LogP contribution < -0.4 is 10.6 Å². The molecule has 4 rings (SSSR count). The third-order valence-corrected chi connectivity index (χ3v) is 7.52. The molecule has 1 fully saturated rings. The summed E-state index contributed by atoms with van der Waals surface area (Å²) in [4.78, 5) is 5.75. The van der Waals surface area contributed by atoms with Crippen molar-refractivity contribution < 1.29 is 4.21 Å². The molecule has 160 valence electrons. The van der Waals surface area contributed by atoms with Crippen LogP contribution >= 0.6 is 0 Å². The van der Waals surface area contributed by atoms with Gasteiger partial charge in [0.25, 0.3) is 0 Å². The lowest BCUT2D eigenvalue weighted by atomic mass is 9.85. The summed E-state index contributed by atoms with van der Waals surface area (Å²) < 4.78 is 15.3. The fraction of sp³-hybridized carbons (Fsp3) is 0.458. The zero-order chi connectivity index (χ0) is 21.1. The number of hydrogen-bond donors (Lipinski definition) is 2. The molecule has 6 heteroatoms. The summed E-state index contributed by atoms with van der Waals surface area (Å²) >= 11 is 0. The lowest BCUT2D eigenvalue weighted by molar-refractivity contribution is 0.248. The van der Waals surface area contributed by atoms with Crippen LogP contribution in [0.25, 0.3) is 0 Å². The van der Waals surface area contributed by atoms with Gasteiger partial charge in [-0.2, -0.15) is 0 Å². The predicted octanol–water partition coefficient (Wildman–Crippen LogP) is 3.26. The molecular weight excluding hydrogens is 392 g/mol. The lowest BCUT2D eigenvalue weighted by Crippen LogP contribution is -2.64. The highest BCUT2D eigenvalue weighted by molar-refractivity contribution is 7.82. The first-order valence-electron chi connectivity index (χ1n) is 10.8. The molecule has 2 N–H and O–H groups in total. The van der Waals surface area contributed by atoms with Gasteiger partial charge in [0.2, 0.25) is 0 Å². The van der Waals surface area contributed by atoms with Gasteiger partial charge in [0.05, 0.1) is 17.0 Å². The molecule has 30 heavy (non-hydrogen) atoms. The van der Waals surface area contributed by atoms with Crippen LogP contribution in [0.2, 0.25) is 0 Å². The summed E-state index contributed by atoms with van der Waals surface area (Å²) in [5, 5.41) is 7.34. The normalized spacial score (nSPS) is 20.0. The van der Waals surface area contributed by atoms with Crippen LogP contribution in [0.4, 0.5) is 0 Å². The molecule has 2 heterocycles. The van der Waals surface area contributed by atoms with E-state index >= 15 is 0 Å². The monoisotopic (exact) mass is 424 g/mol. The average molecular weight is 425 g/mol. The Morgan fingerprint density at radius 1 is 1.07 bits per heavy atom. The summed E-state index contributed by atoms with van der Waals surface area (Å²) in [6.45, 7) is 10.3. The van der Waals surface area contributed by atoms with Crippen molar-refractivity contribution in [1.82, 2.24) is 14.9 Å². The second kappa shape index (κ2) is 9.00. The minimum atomic E-state index is -1.11. The van der Waals surface area contributed by atoms with Gasteiger partial charge in [-0.05, 0) is 62.4 Å². The minimum absolute atomic E-state index is 0.134. The Morgan fingerprint density at radius 2 is 1.80 bits per heavy atom. The van der Waals surface area contributed by atoms with Crippen molar-refractivity contribution in [2.24, 2.45) is 4.99 Å². The van der Waals surface area contributed by atoms with E-state index in [-0.39, 0.29) is 5.54 Å². The summed E-state index contributed by atoms with van der Waals surface area (Å²) in [6.07, 6.45) is 1.81. The Hall–Kier alpha value is -2.02. The van der Waals surface area contributed by atoms with E-state index in [9.17, 15) is 4.21 Å². The second-order valence-corrected chi connectivity index (χ2v) is 10.1. The van der Waals surface area contributed by atoms with Crippen LogP contribution in [-0.4, -0.2) is 46.1 Å². The first-order chi connectivity index (χ1) is 14.4. The highest BCUT2D eigenvalue weighted by Gasteiger charge is 2.41. The molecule has 0 radical (unpaired) electrons. The zero-order valence-corrected chi connectivity index (χ0v) is 19.0. The smallest absolute Gasteiger partial charge is 0.127 e. The molecule has 2 aliphatic rings. The quantitative estimate of drug-likeness (QED) is 0.792. The van der Waals surface area contributed by atoms with Gasteiger partial charge in [0.15, 0.2) is 0 Å². The van der Waals surface area contributed by atoms with E-state index < -0.39 is 11.0 Å². The molecular formula is C24H32N4OS. The molecule has 1 unspecified atom stereocenters. The fourth-order valence-electron chi connectivity index (χ4n) is 4.56. The van der Waals surface area contributed by atoms with Crippen molar-refractivity contribution in [3.63, 3.8) is 0 Å². The first kappa shape index (κ1) is 21.2. The second-order valence-electron chi connectivity index (χ2n) is 8.58. The lowest BCUT2D eigenvalue weighted by Gasteiger charge is -2.44. The third-order valence-electron chi connectivity index (χ3n) is 6.05. The van der Waals surface area contributed by atoms with Gasteiger partial charge in [-0.25, -0.2) is 8.51 Å². The van der Waals surface area contributed by atoms with Gasteiger partial charge in [-0.15, -0.1) is 0 Å². The summed E-state index contributed by atoms with van der Waals surface area (Å²) in [6, 6.07) is 14.8. The standard InChI is InChI=1S/C24H32N4OS/c1-18-5-4-6-21(14-18)17-26-23-24(27-10-9-25-23)7-11-28(12-8-24)30(29)22-15-19(2)13-20(3)16-22/h4-6,13-16,27H,7-12,17H2,1-3H3,(H,25,26). The Bertz CT molecular complexity index is 943. The Labute approximate surface area is 182 Å². The third kappa shape index (κ3) is 4.66. The Balaban J connectivity index is 1.43. The van der Waals surface area contributed by atoms with E-state index in [0.717, 1.165) is 67.4 Å². The van der Waals surface area contributed by atoms with Gasteiger partial charge in [0, 0.05) is 26.2 Å². The van der Waals surface area contributed by atoms with Crippen molar-refractivity contribution in [1.29, 1.82) is 0 Å². The molecule has 2 aromatic carbocycles. The SMILES string of the molecule is Cc1cccc(CNC2=NCCNC23CCN(S(=O)c2cc(C)cc(C)c2)CC3)c1. The summed E-state index contributed by atoms with van der Waals surface area (Å²) in [5.74, 6) is 1.06. The maximum atomic E-state index is 13.2. The number of amidine groups is 1. The Morgan fingerprint density at radius 3 is 2.50 bits per heavy atom. The van der Waals surface area contributed by atoms with Crippen LogP contribution in [0.15, 0.2) is 52.4 Å². The van der Waals surface area contributed by atoms with Gasteiger partial charge < -0.3 is 10.6 Å². The van der Waals surface area contributed by atoms with Gasteiger partial charge in [-0.1, -0.05) is 35.9 Å². The predicted molar refractivity (Wildman–Crippen MR) is 124 cm³/mol. The molecule has 2 aromatic rings. The van der Waals surface area contributed by atoms with Crippen LogP contribution in [0.1, 0.15) is 35.1 Å². The largest absolute Gasteiger partial charge is 0.368 e. The number of nitrogens with zero attached hydrogens (tertiary/aromatic N) is 2. The number of aryl methyl sites for hydroxylation is 3. The van der Waals surface area contributed by atoms with Crippen molar-refractivity contribution >= 4 is 16.8 Å². The number of aliphatic imine (C=N–C) groups is 1. The summed E-state index contributed by atoms with van der Waals surface area (Å²) in [7, 11) is -1.11. The Kier molecular flexibility index (Phi) is 6.37. The molecule has 0 amide bonds. The van der Waals surface area contributed by atoms with Crippen LogP contribution in [0.5, 0.6) is 0 Å². The topological polar surface area (TPSA) is 56.7 Å². The van der Waals surface area contributed by atoms with E-state index in [0.29, 0.717) is 0 Å². The number of benzene rings is 2. The first-order valence-corrected chi connectivity index (χ1v) is 11.9. The van der Waals surface area contributed by atoms with Crippen molar-refractivity contribution in [3.8, 4) is 0 Å². The average Bonchev–Trinajstić information content (AvgIpc) is 2.73. The van der Waals surface area contributed by atoms with Gasteiger partial charge in [0.1, 0.15) is 16.8 Å². The fourth-order valence-corrected chi connectivity index (χ4v) is 5.95. The van der Waals surface area contributed by atoms with E-state index in [1.165, 1.54) is 11.1 Å². The summed E-state index contributed by atoms with van der Waals surface area (Å²) in [5.41, 5.74) is 4.73. The van der Waals surface area contributed by atoms with Crippen LogP contribution in [0.3, 0.4) is 0 Å². The molecule has 2 aliphatic heterocycles. The zero-order valence-electron chi connectivity index (χ0n) is 18.2. The van der Waals surface area contributed by atoms with E-state index in [4.69, 9.17) is 4.99 Å². The molecule has 0 aromatic heterocycles. The number of hydrogen-bond acceptors (Lipinski definition) is 4. The van der Waals surface area contributed by atoms with Crippen LogP contribution in [0, 0.1) is 20.8 Å². The molecule has 1 saturated heterocycles. The highest BCUT2D eigenvalue weighted by Crippen LogP contribution is 2.28. The van der Waals surface area contributed by atoms with Crippen LogP contribution in [-0.2, 0) is 17.5 Å².